The lowest BCUT2D eigenvalue weighted by Crippen LogP contribution is -2.32. The van der Waals surface area contributed by atoms with Crippen LogP contribution in [0.3, 0.4) is 0 Å². The van der Waals surface area contributed by atoms with E-state index in [1.165, 1.54) is 30.4 Å². The molecule has 204 valence electrons. The Kier molecular flexibility index (Phi) is 8.13. The van der Waals surface area contributed by atoms with E-state index in [2.05, 4.69) is 9.82 Å². The zero-order valence-electron chi connectivity index (χ0n) is 20.2. The number of imide groups is 1. The molecule has 38 heavy (non-hydrogen) atoms. The van der Waals surface area contributed by atoms with E-state index in [1.54, 1.807) is 11.1 Å². The molecule has 3 N–H and O–H groups in total. The summed E-state index contributed by atoms with van der Waals surface area (Å²) in [6, 6.07) is 5.71. The maximum atomic E-state index is 12.0. The van der Waals surface area contributed by atoms with Gasteiger partial charge < -0.3 is 4.90 Å². The normalized spacial score (nSPS) is 20.5. The summed E-state index contributed by atoms with van der Waals surface area (Å²) in [5, 5.41) is 6.18. The molecule has 3 heterocycles. The lowest BCUT2D eigenvalue weighted by Gasteiger charge is -2.19. The number of hydrogen-bond acceptors (Lipinski definition) is 9. The topological polar surface area (TPSA) is 177 Å². The predicted octanol–water partition coefficient (Wildman–Crippen LogP) is 0.723. The minimum absolute atomic E-state index is 0.0449. The SMILES string of the molecule is O=C1C=CC(=O)N1CCC1=NN(c2cccc(S(=O)(=O)O)c2)CC1=CC=C1CCCN1CCNS(=O)(=O)O. The molecule has 15 heteroatoms. The second-order valence-corrected chi connectivity index (χ2v) is 11.5. The first-order valence-corrected chi connectivity index (χ1v) is 14.6. The van der Waals surface area contributed by atoms with Gasteiger partial charge in [0.15, 0.2) is 0 Å². The average molecular weight is 566 g/mol. The number of hydrogen-bond donors (Lipinski definition) is 3. The summed E-state index contributed by atoms with van der Waals surface area (Å²) in [6.07, 6.45) is 8.09. The Bertz CT molecular complexity index is 1450. The van der Waals surface area contributed by atoms with Crippen LogP contribution in [0, 0.1) is 0 Å². The molecule has 1 aromatic rings. The number of anilines is 1. The van der Waals surface area contributed by atoms with Crippen molar-refractivity contribution in [2.75, 3.05) is 37.7 Å². The molecule has 4 rings (SSSR count). The van der Waals surface area contributed by atoms with Crippen molar-refractivity contribution in [1.82, 2.24) is 14.5 Å². The molecule has 0 unspecified atom stereocenters. The second kappa shape index (κ2) is 11.2. The molecule has 1 saturated heterocycles. The lowest BCUT2D eigenvalue weighted by molar-refractivity contribution is -0.136. The zero-order chi connectivity index (χ0) is 27.5. The van der Waals surface area contributed by atoms with E-state index in [-0.39, 0.29) is 31.0 Å². The van der Waals surface area contributed by atoms with Crippen molar-refractivity contribution in [3.05, 3.63) is 59.8 Å². The van der Waals surface area contributed by atoms with E-state index in [4.69, 9.17) is 4.55 Å². The van der Waals surface area contributed by atoms with Gasteiger partial charge in [-0.2, -0.15) is 26.7 Å². The van der Waals surface area contributed by atoms with Gasteiger partial charge in [-0.3, -0.25) is 28.6 Å². The van der Waals surface area contributed by atoms with E-state index in [0.717, 1.165) is 35.6 Å². The van der Waals surface area contributed by atoms with Gasteiger partial charge in [0.1, 0.15) is 0 Å². The van der Waals surface area contributed by atoms with Crippen molar-refractivity contribution in [2.45, 2.75) is 24.2 Å². The van der Waals surface area contributed by atoms with Gasteiger partial charge in [-0.1, -0.05) is 12.1 Å². The van der Waals surface area contributed by atoms with Crippen LogP contribution in [0.5, 0.6) is 0 Å². The summed E-state index contributed by atoms with van der Waals surface area (Å²) < 4.78 is 65.4. The molecule has 0 spiro atoms. The molecule has 2 amide bonds. The van der Waals surface area contributed by atoms with E-state index in [0.29, 0.717) is 17.9 Å². The maximum absolute atomic E-state index is 12.0. The second-order valence-electron chi connectivity index (χ2n) is 8.80. The molecule has 0 saturated carbocycles. The predicted molar refractivity (Wildman–Crippen MR) is 138 cm³/mol. The number of likely N-dealkylation sites (tertiary alicyclic amines) is 1. The molecule has 0 bridgehead atoms. The van der Waals surface area contributed by atoms with Crippen LogP contribution in [0.25, 0.3) is 0 Å². The molecule has 1 fully saturated rings. The highest BCUT2D eigenvalue weighted by molar-refractivity contribution is 7.85. The molecule has 1 aromatic carbocycles. The number of allylic oxidation sites excluding steroid dienone is 3. The fraction of sp³-hybridized carbons (Fsp3) is 0.348. The molecule has 13 nitrogen and oxygen atoms in total. The summed E-state index contributed by atoms with van der Waals surface area (Å²) in [5.41, 5.74) is 2.78. The Labute approximate surface area is 220 Å². The summed E-state index contributed by atoms with van der Waals surface area (Å²) in [6.45, 7) is 1.53. The standard InChI is InChI=1S/C23H27N5O8S2/c29-22-8-9-23(30)27(22)13-10-21-17(6-7-18-4-2-12-26(18)14-11-24-38(34,35)36)16-28(25-21)19-3-1-5-20(15-19)37(31,32)33/h1,3,5-9,15,24H,2,4,10-14,16H2,(H,31,32,33)(H,34,35,36). The Morgan fingerprint density at radius 3 is 2.45 bits per heavy atom. The molecule has 0 atom stereocenters. The third-order valence-electron chi connectivity index (χ3n) is 6.23. The highest BCUT2D eigenvalue weighted by Gasteiger charge is 2.27. The summed E-state index contributed by atoms with van der Waals surface area (Å²) >= 11 is 0. The van der Waals surface area contributed by atoms with Crippen molar-refractivity contribution < 1.29 is 35.5 Å². The largest absolute Gasteiger partial charge is 0.373 e. The van der Waals surface area contributed by atoms with Crippen LogP contribution in [-0.2, 0) is 30.0 Å². The van der Waals surface area contributed by atoms with Crippen molar-refractivity contribution >= 4 is 43.6 Å². The van der Waals surface area contributed by atoms with E-state index >= 15 is 0 Å². The minimum Gasteiger partial charge on any atom is -0.373 e. The number of carbonyl (C=O) groups is 2. The number of nitrogens with one attached hydrogen (secondary N) is 1. The van der Waals surface area contributed by atoms with Gasteiger partial charge in [0, 0.05) is 50.4 Å². The summed E-state index contributed by atoms with van der Waals surface area (Å²) in [4.78, 5) is 26.8. The van der Waals surface area contributed by atoms with Crippen molar-refractivity contribution in [2.24, 2.45) is 5.10 Å². The summed E-state index contributed by atoms with van der Waals surface area (Å²) in [7, 11) is -8.68. The zero-order valence-corrected chi connectivity index (χ0v) is 21.9. The molecular formula is C23H27N5O8S2. The van der Waals surface area contributed by atoms with Gasteiger partial charge in [0.2, 0.25) is 0 Å². The van der Waals surface area contributed by atoms with Crippen LogP contribution in [-0.4, -0.2) is 86.0 Å². The molecule has 3 aliphatic heterocycles. The molecule has 0 aromatic heterocycles. The smallest absolute Gasteiger partial charge is 0.333 e. The first kappa shape index (κ1) is 27.7. The first-order valence-electron chi connectivity index (χ1n) is 11.7. The minimum atomic E-state index is -4.41. The third-order valence-corrected chi connectivity index (χ3v) is 7.65. The van der Waals surface area contributed by atoms with Gasteiger partial charge in [-0.25, -0.2) is 0 Å². The Morgan fingerprint density at radius 2 is 1.76 bits per heavy atom. The highest BCUT2D eigenvalue weighted by atomic mass is 32.2. The monoisotopic (exact) mass is 565 g/mol. The highest BCUT2D eigenvalue weighted by Crippen LogP contribution is 2.27. The molecular weight excluding hydrogens is 538 g/mol. The van der Waals surface area contributed by atoms with Crippen LogP contribution in [0.4, 0.5) is 5.69 Å². The van der Waals surface area contributed by atoms with E-state index in [9.17, 15) is 31.0 Å². The van der Waals surface area contributed by atoms with Crippen LogP contribution in [0.2, 0.25) is 0 Å². The van der Waals surface area contributed by atoms with Crippen molar-refractivity contribution in [1.29, 1.82) is 0 Å². The molecule has 0 aliphatic carbocycles. The number of nitrogens with zero attached hydrogens (tertiary/aromatic N) is 4. The number of carbonyl (C=O) groups excluding carboxylic acids is 2. The van der Waals surface area contributed by atoms with E-state index < -0.39 is 32.2 Å². The fourth-order valence-corrected chi connectivity index (χ4v) is 5.25. The third kappa shape index (κ3) is 6.93. The molecule has 0 radical (unpaired) electrons. The quantitative estimate of drug-likeness (QED) is 0.271. The van der Waals surface area contributed by atoms with Crippen molar-refractivity contribution in [3.63, 3.8) is 0 Å². The Balaban J connectivity index is 1.55. The number of benzene rings is 1. The fourth-order valence-electron chi connectivity index (χ4n) is 4.38. The van der Waals surface area contributed by atoms with Gasteiger partial charge in [-0.15, -0.1) is 0 Å². The van der Waals surface area contributed by atoms with Crippen LogP contribution in [0.15, 0.2) is 69.8 Å². The summed E-state index contributed by atoms with van der Waals surface area (Å²) in [5.74, 6) is -0.807. The Hall–Kier alpha value is -3.37. The van der Waals surface area contributed by atoms with E-state index in [1.807, 2.05) is 17.1 Å². The Morgan fingerprint density at radius 1 is 1.03 bits per heavy atom. The maximum Gasteiger partial charge on any atom is 0.333 e. The first-order chi connectivity index (χ1) is 17.9. The van der Waals surface area contributed by atoms with Crippen molar-refractivity contribution in [3.8, 4) is 0 Å². The van der Waals surface area contributed by atoms with Crippen LogP contribution < -0.4 is 9.73 Å². The van der Waals surface area contributed by atoms with Gasteiger partial charge in [0.25, 0.3) is 21.9 Å². The number of amides is 2. The van der Waals surface area contributed by atoms with Crippen LogP contribution >= 0.6 is 0 Å². The average Bonchev–Trinajstić information content (AvgIpc) is 3.54. The lowest BCUT2D eigenvalue weighted by atomic mass is 10.1. The van der Waals surface area contributed by atoms with Gasteiger partial charge in [-0.05, 0) is 42.7 Å². The van der Waals surface area contributed by atoms with Gasteiger partial charge >= 0.3 is 10.3 Å². The number of hydrazone groups is 1. The molecule has 3 aliphatic rings. The number of rotatable bonds is 10. The van der Waals surface area contributed by atoms with Gasteiger partial charge in [0.05, 0.1) is 22.8 Å². The van der Waals surface area contributed by atoms with Crippen LogP contribution in [0.1, 0.15) is 19.3 Å².